The Hall–Kier alpha value is -5.62. The number of ether oxygens (including phenoxy) is 4. The van der Waals surface area contributed by atoms with Gasteiger partial charge in [0.1, 0.15) is 19.0 Å². The van der Waals surface area contributed by atoms with Crippen molar-refractivity contribution in [1.82, 2.24) is 15.0 Å². The number of carbonyl (C=O) groups is 3. The van der Waals surface area contributed by atoms with Crippen LogP contribution in [0.4, 0.5) is 5.82 Å². The fraction of sp³-hybridized carbons (Fsp3) is 0.161. The number of carbonyl (C=O) groups excluding carboxylic acids is 3. The zero-order valence-corrected chi connectivity index (χ0v) is 22.4. The molecule has 0 saturated carbocycles. The minimum Gasteiger partial charge on any atom is -0.459 e. The first-order valence-corrected chi connectivity index (χ1v) is 13.2. The van der Waals surface area contributed by atoms with E-state index in [2.05, 4.69) is 15.0 Å². The highest BCUT2D eigenvalue weighted by Gasteiger charge is 2.53. The molecule has 12 heteroatoms. The highest BCUT2D eigenvalue weighted by molar-refractivity contribution is 5.91. The zero-order valence-electron chi connectivity index (χ0n) is 22.4. The molecular weight excluding hydrogens is 556 g/mol. The molecule has 3 aromatic carbocycles. The van der Waals surface area contributed by atoms with E-state index in [0.717, 1.165) is 0 Å². The van der Waals surface area contributed by atoms with E-state index in [1.165, 1.54) is 6.33 Å². The van der Waals surface area contributed by atoms with Gasteiger partial charge in [0.2, 0.25) is 5.89 Å². The molecule has 2 aromatic heterocycles. The first-order chi connectivity index (χ1) is 21.0. The molecule has 12 nitrogen and oxygen atoms in total. The lowest BCUT2D eigenvalue weighted by molar-refractivity contribution is -0.0467. The van der Waals surface area contributed by atoms with Crippen LogP contribution in [0, 0.1) is 0 Å². The number of nitrogen functional groups attached to an aromatic ring is 1. The van der Waals surface area contributed by atoms with Crippen molar-refractivity contribution in [2.75, 3.05) is 12.3 Å². The number of anilines is 1. The molecule has 4 atom stereocenters. The summed E-state index contributed by atoms with van der Waals surface area (Å²) in [6, 6.07) is 24.9. The van der Waals surface area contributed by atoms with Crippen LogP contribution in [0.1, 0.15) is 43.1 Å². The normalized spacial score (nSPS) is 19.5. The summed E-state index contributed by atoms with van der Waals surface area (Å²) in [5, 5.41) is 0. The second kappa shape index (κ2) is 12.1. The van der Waals surface area contributed by atoms with E-state index in [9.17, 15) is 14.4 Å². The molecule has 0 bridgehead atoms. The number of benzene rings is 3. The van der Waals surface area contributed by atoms with Crippen molar-refractivity contribution >= 4 is 35.0 Å². The summed E-state index contributed by atoms with van der Waals surface area (Å²) in [6.45, 7) is -0.349. The standard InChI is InChI=1S/C31H24N4O8/c32-26-22-27(34-17-33-26)43-28(35-22)25-24(42-31(38)20-14-8-3-9-15-20)23(41-30(37)19-12-6-2-7-13-19)21(40-25)16-39-29(36)18-10-4-1-5-11-18/h1-15,17,21,23-25H,16H2,(H2,32,33,34). The predicted molar refractivity (Wildman–Crippen MR) is 150 cm³/mol. The molecule has 2 N–H and O–H groups in total. The van der Waals surface area contributed by atoms with Crippen molar-refractivity contribution in [2.45, 2.75) is 24.4 Å². The predicted octanol–water partition coefficient (Wildman–Crippen LogP) is 3.95. The maximum Gasteiger partial charge on any atom is 0.338 e. The van der Waals surface area contributed by atoms with E-state index in [4.69, 9.17) is 29.1 Å². The second-order valence-corrected chi connectivity index (χ2v) is 9.50. The van der Waals surface area contributed by atoms with Gasteiger partial charge in [-0.25, -0.2) is 24.4 Å². The monoisotopic (exact) mass is 580 g/mol. The Bertz CT molecular complexity index is 1750. The first kappa shape index (κ1) is 27.5. The number of rotatable bonds is 8. The summed E-state index contributed by atoms with van der Waals surface area (Å²) in [5.41, 5.74) is 7.03. The number of hydrogen-bond donors (Lipinski definition) is 1. The largest absolute Gasteiger partial charge is 0.459 e. The minimum absolute atomic E-state index is 0.0503. The Morgan fingerprint density at radius 1 is 0.721 bits per heavy atom. The molecule has 1 saturated heterocycles. The van der Waals surface area contributed by atoms with Crippen LogP contribution in [-0.4, -0.2) is 57.8 Å². The summed E-state index contributed by atoms with van der Waals surface area (Å²) in [4.78, 5) is 51.6. The van der Waals surface area contributed by atoms with Gasteiger partial charge in [-0.05, 0) is 36.4 Å². The van der Waals surface area contributed by atoms with Crippen LogP contribution in [0.15, 0.2) is 102 Å². The summed E-state index contributed by atoms with van der Waals surface area (Å²) >= 11 is 0. The van der Waals surface area contributed by atoms with Gasteiger partial charge in [0.05, 0.1) is 16.7 Å². The summed E-state index contributed by atoms with van der Waals surface area (Å²) < 4.78 is 29.4. The van der Waals surface area contributed by atoms with E-state index < -0.39 is 42.3 Å². The SMILES string of the molecule is Nc1ncnc2oc(C3OC(COC(=O)c4ccccc4)C(OC(=O)c4ccccc4)C3OC(=O)c3ccccc3)nc12. The molecule has 0 aliphatic carbocycles. The van der Waals surface area contributed by atoms with Crippen molar-refractivity contribution < 1.29 is 37.7 Å². The van der Waals surface area contributed by atoms with Gasteiger partial charge >= 0.3 is 17.9 Å². The molecule has 6 rings (SSSR count). The molecule has 0 spiro atoms. The van der Waals surface area contributed by atoms with Gasteiger partial charge in [0.15, 0.2) is 29.6 Å². The van der Waals surface area contributed by atoms with Gasteiger partial charge in [-0.1, -0.05) is 54.6 Å². The van der Waals surface area contributed by atoms with Gasteiger partial charge in [-0.3, -0.25) is 0 Å². The first-order valence-electron chi connectivity index (χ1n) is 13.2. The van der Waals surface area contributed by atoms with Crippen molar-refractivity contribution in [2.24, 2.45) is 0 Å². The van der Waals surface area contributed by atoms with Crippen molar-refractivity contribution in [3.05, 3.63) is 120 Å². The summed E-state index contributed by atoms with van der Waals surface area (Å²) in [6.07, 6.45) is -3.59. The van der Waals surface area contributed by atoms with Crippen LogP contribution in [0.25, 0.3) is 11.2 Å². The Kier molecular flexibility index (Phi) is 7.74. The Balaban J connectivity index is 1.36. The topological polar surface area (TPSA) is 166 Å². The van der Waals surface area contributed by atoms with Crippen LogP contribution in [0.5, 0.6) is 0 Å². The molecule has 1 aliphatic rings. The third-order valence-corrected chi connectivity index (χ3v) is 6.69. The summed E-state index contributed by atoms with van der Waals surface area (Å²) in [7, 11) is 0. The van der Waals surface area contributed by atoms with E-state index in [1.807, 2.05) is 0 Å². The molecule has 3 heterocycles. The zero-order chi connectivity index (χ0) is 29.8. The molecule has 5 aromatic rings. The highest BCUT2D eigenvalue weighted by Crippen LogP contribution is 2.39. The van der Waals surface area contributed by atoms with Crippen LogP contribution >= 0.6 is 0 Å². The fourth-order valence-electron chi connectivity index (χ4n) is 4.59. The Labute approximate surface area is 244 Å². The molecule has 0 amide bonds. The molecule has 216 valence electrons. The Morgan fingerprint density at radius 2 is 1.26 bits per heavy atom. The van der Waals surface area contributed by atoms with E-state index in [-0.39, 0.29) is 40.7 Å². The second-order valence-electron chi connectivity index (χ2n) is 9.50. The maximum absolute atomic E-state index is 13.3. The molecule has 4 unspecified atom stereocenters. The van der Waals surface area contributed by atoms with Crippen LogP contribution in [-0.2, 0) is 18.9 Å². The smallest absolute Gasteiger partial charge is 0.338 e. The van der Waals surface area contributed by atoms with Crippen LogP contribution in [0.3, 0.4) is 0 Å². The average molecular weight is 581 g/mol. The lowest BCUT2D eigenvalue weighted by Crippen LogP contribution is -2.40. The number of nitrogens with zero attached hydrogens (tertiary/aromatic N) is 3. The Morgan fingerprint density at radius 3 is 1.81 bits per heavy atom. The number of hydrogen-bond acceptors (Lipinski definition) is 12. The quantitative estimate of drug-likeness (QED) is 0.208. The van der Waals surface area contributed by atoms with E-state index >= 15 is 0 Å². The van der Waals surface area contributed by atoms with Gasteiger partial charge in [-0.15, -0.1) is 0 Å². The van der Waals surface area contributed by atoms with E-state index in [0.29, 0.717) is 5.56 Å². The molecule has 1 fully saturated rings. The number of esters is 3. The van der Waals surface area contributed by atoms with Gasteiger partial charge in [0.25, 0.3) is 5.71 Å². The average Bonchev–Trinajstić information content (AvgIpc) is 3.63. The maximum atomic E-state index is 13.3. The third kappa shape index (κ3) is 5.90. The number of oxazole rings is 1. The molecular formula is C31H24N4O8. The highest BCUT2D eigenvalue weighted by atomic mass is 16.7. The molecule has 1 aliphatic heterocycles. The molecule has 0 radical (unpaired) electrons. The minimum atomic E-state index is -1.27. The number of nitrogens with two attached hydrogens (primary N) is 1. The number of fused-ring (bicyclic) bond motifs is 1. The van der Waals surface area contributed by atoms with Crippen molar-refractivity contribution in [3.63, 3.8) is 0 Å². The lowest BCUT2D eigenvalue weighted by atomic mass is 10.1. The number of aromatic nitrogens is 3. The van der Waals surface area contributed by atoms with Crippen LogP contribution < -0.4 is 5.73 Å². The fourth-order valence-corrected chi connectivity index (χ4v) is 4.59. The van der Waals surface area contributed by atoms with Crippen molar-refractivity contribution in [3.8, 4) is 0 Å². The lowest BCUT2D eigenvalue weighted by Gasteiger charge is -2.24. The molecule has 43 heavy (non-hydrogen) atoms. The summed E-state index contributed by atoms with van der Waals surface area (Å²) in [5.74, 6) is -2.02. The van der Waals surface area contributed by atoms with Gasteiger partial charge < -0.3 is 29.1 Å². The van der Waals surface area contributed by atoms with E-state index in [1.54, 1.807) is 91.0 Å². The van der Waals surface area contributed by atoms with Crippen molar-refractivity contribution in [1.29, 1.82) is 0 Å². The third-order valence-electron chi connectivity index (χ3n) is 6.69. The van der Waals surface area contributed by atoms with Gasteiger partial charge in [-0.2, -0.15) is 4.98 Å². The van der Waals surface area contributed by atoms with Gasteiger partial charge in [0, 0.05) is 0 Å². The van der Waals surface area contributed by atoms with Crippen LogP contribution in [0.2, 0.25) is 0 Å².